The molecule has 3 heterocycles. The van der Waals surface area contributed by atoms with Crippen LogP contribution in [0.25, 0.3) is 0 Å². The number of piperidine rings is 1. The number of hydrogen-bond donors (Lipinski definition) is 2. The van der Waals surface area contributed by atoms with Crippen molar-refractivity contribution >= 4 is 11.8 Å². The van der Waals surface area contributed by atoms with Crippen molar-refractivity contribution in [1.82, 2.24) is 10.6 Å². The zero-order valence-corrected chi connectivity index (χ0v) is 11.6. The highest BCUT2D eigenvalue weighted by Gasteiger charge is 2.35. The molecule has 3 aliphatic rings. The molecule has 3 rings (SSSR count). The molecule has 0 amide bonds. The van der Waals surface area contributed by atoms with Crippen LogP contribution in [-0.4, -0.2) is 25.4 Å². The number of allylic oxidation sites excluding steroid dienone is 2. The largest absolute Gasteiger partial charge is 0.376 e. The van der Waals surface area contributed by atoms with E-state index < -0.39 is 0 Å². The van der Waals surface area contributed by atoms with Gasteiger partial charge in [0.2, 0.25) is 0 Å². The first-order valence-electron chi connectivity index (χ1n) is 6.69. The highest BCUT2D eigenvalue weighted by molar-refractivity contribution is 8.03. The molecule has 2 N–H and O–H groups in total. The average Bonchev–Trinajstić information content (AvgIpc) is 2.66. The summed E-state index contributed by atoms with van der Waals surface area (Å²) in [4.78, 5) is 0. The van der Waals surface area contributed by atoms with Crippen molar-refractivity contribution < 1.29 is 0 Å². The third-order valence-corrected chi connectivity index (χ3v) is 5.72. The molecular formula is C14H22N2S. The lowest BCUT2D eigenvalue weighted by Crippen LogP contribution is -2.32. The molecule has 0 atom stereocenters. The summed E-state index contributed by atoms with van der Waals surface area (Å²) in [7, 11) is 0. The summed E-state index contributed by atoms with van der Waals surface area (Å²) in [6.07, 6.45) is 5.13. The first-order chi connectivity index (χ1) is 8.17. The highest BCUT2D eigenvalue weighted by Crippen LogP contribution is 2.46. The van der Waals surface area contributed by atoms with Crippen LogP contribution in [0.4, 0.5) is 0 Å². The Hall–Kier alpha value is -0.410. The van der Waals surface area contributed by atoms with Gasteiger partial charge >= 0.3 is 0 Å². The van der Waals surface area contributed by atoms with E-state index in [2.05, 4.69) is 30.6 Å². The molecule has 17 heavy (non-hydrogen) atoms. The second kappa shape index (κ2) is 4.36. The lowest BCUT2D eigenvalue weighted by atomic mass is 9.81. The second-order valence-corrected chi connectivity index (χ2v) is 7.00. The summed E-state index contributed by atoms with van der Waals surface area (Å²) >= 11 is 1.99. The molecule has 0 aromatic carbocycles. The normalized spacial score (nSPS) is 28.7. The van der Waals surface area contributed by atoms with Crippen LogP contribution in [0.1, 0.15) is 26.7 Å². The molecule has 0 bridgehead atoms. The zero-order chi connectivity index (χ0) is 11.9. The highest BCUT2D eigenvalue weighted by atomic mass is 32.2. The summed E-state index contributed by atoms with van der Waals surface area (Å²) < 4.78 is 0. The van der Waals surface area contributed by atoms with Gasteiger partial charge in [-0.3, -0.25) is 0 Å². The lowest BCUT2D eigenvalue weighted by Gasteiger charge is -2.30. The monoisotopic (exact) mass is 250 g/mol. The molecule has 3 heteroatoms. The Morgan fingerprint density at radius 2 is 2.06 bits per heavy atom. The van der Waals surface area contributed by atoms with Gasteiger partial charge in [-0.1, -0.05) is 19.9 Å². The fourth-order valence-electron chi connectivity index (χ4n) is 3.00. The summed E-state index contributed by atoms with van der Waals surface area (Å²) in [6.45, 7) is 8.18. The minimum Gasteiger partial charge on any atom is -0.376 e. The molecule has 0 aliphatic carbocycles. The van der Waals surface area contributed by atoms with Crippen LogP contribution in [0.5, 0.6) is 0 Å². The number of hydrogen-bond acceptors (Lipinski definition) is 3. The van der Waals surface area contributed by atoms with E-state index in [1.165, 1.54) is 36.7 Å². The number of dihydropyridines is 1. The first-order valence-corrected chi connectivity index (χ1v) is 7.68. The van der Waals surface area contributed by atoms with Crippen LogP contribution in [0.3, 0.4) is 0 Å². The molecular weight excluding hydrogens is 228 g/mol. The molecule has 0 spiro atoms. The van der Waals surface area contributed by atoms with Crippen LogP contribution in [0.2, 0.25) is 0 Å². The Morgan fingerprint density at radius 3 is 2.82 bits per heavy atom. The van der Waals surface area contributed by atoms with Crippen LogP contribution < -0.4 is 10.6 Å². The first kappa shape index (κ1) is 11.7. The smallest absolute Gasteiger partial charge is 0.0722 e. The molecule has 0 saturated carbocycles. The third-order valence-electron chi connectivity index (χ3n) is 4.20. The molecule has 1 fully saturated rings. The van der Waals surface area contributed by atoms with Gasteiger partial charge in [0.15, 0.2) is 0 Å². The van der Waals surface area contributed by atoms with E-state index in [0.29, 0.717) is 5.41 Å². The lowest BCUT2D eigenvalue weighted by molar-refractivity contribution is 0.410. The van der Waals surface area contributed by atoms with Crippen LogP contribution in [0.15, 0.2) is 22.3 Å². The van der Waals surface area contributed by atoms with Crippen molar-refractivity contribution in [2.75, 3.05) is 25.4 Å². The maximum absolute atomic E-state index is 3.64. The number of thioether (sulfide) groups is 1. The van der Waals surface area contributed by atoms with E-state index in [0.717, 1.165) is 12.5 Å². The number of rotatable bonds is 1. The van der Waals surface area contributed by atoms with E-state index >= 15 is 0 Å². The molecule has 94 valence electrons. The second-order valence-electron chi connectivity index (χ2n) is 6.01. The standard InChI is InChI=1S/C14H22N2S/c1-14(2)9-17-13-12(14)7-11(8-16-13)10-3-5-15-6-4-10/h7,10,15-16H,3-6,8-9H2,1-2H3. The van der Waals surface area contributed by atoms with Gasteiger partial charge in [0, 0.05) is 17.7 Å². The minimum absolute atomic E-state index is 0.353. The maximum atomic E-state index is 3.64. The summed E-state index contributed by atoms with van der Waals surface area (Å²) in [6, 6.07) is 0. The van der Waals surface area contributed by atoms with Crippen molar-refractivity contribution in [3.05, 3.63) is 22.3 Å². The van der Waals surface area contributed by atoms with E-state index in [9.17, 15) is 0 Å². The molecule has 0 aromatic heterocycles. The van der Waals surface area contributed by atoms with Gasteiger partial charge < -0.3 is 10.6 Å². The van der Waals surface area contributed by atoms with Gasteiger partial charge in [0.1, 0.15) is 0 Å². The zero-order valence-electron chi connectivity index (χ0n) is 10.8. The Morgan fingerprint density at radius 1 is 1.29 bits per heavy atom. The molecule has 0 unspecified atom stereocenters. The van der Waals surface area contributed by atoms with Crippen molar-refractivity contribution in [3.8, 4) is 0 Å². The predicted molar refractivity (Wildman–Crippen MR) is 74.9 cm³/mol. The molecule has 3 aliphatic heterocycles. The van der Waals surface area contributed by atoms with E-state index in [1.807, 2.05) is 11.8 Å². The molecule has 2 nitrogen and oxygen atoms in total. The summed E-state index contributed by atoms with van der Waals surface area (Å²) in [5.74, 6) is 2.03. The Balaban J connectivity index is 1.83. The summed E-state index contributed by atoms with van der Waals surface area (Å²) in [5.41, 5.74) is 3.55. The van der Waals surface area contributed by atoms with Crippen molar-refractivity contribution in [3.63, 3.8) is 0 Å². The van der Waals surface area contributed by atoms with Crippen molar-refractivity contribution in [2.45, 2.75) is 26.7 Å². The van der Waals surface area contributed by atoms with Gasteiger partial charge in [-0.25, -0.2) is 0 Å². The minimum atomic E-state index is 0.353. The average molecular weight is 250 g/mol. The van der Waals surface area contributed by atoms with Gasteiger partial charge in [-0.05, 0) is 43.0 Å². The van der Waals surface area contributed by atoms with Crippen LogP contribution in [-0.2, 0) is 0 Å². The van der Waals surface area contributed by atoms with Crippen molar-refractivity contribution in [2.24, 2.45) is 11.3 Å². The molecule has 0 radical (unpaired) electrons. The number of nitrogens with one attached hydrogen (secondary N) is 2. The quantitative estimate of drug-likeness (QED) is 0.748. The van der Waals surface area contributed by atoms with Gasteiger partial charge in [0.25, 0.3) is 0 Å². The topological polar surface area (TPSA) is 24.1 Å². The SMILES string of the molecule is CC1(C)CSC2=C1C=C(C1CCNCC1)CN2. The Labute approximate surface area is 108 Å². The maximum Gasteiger partial charge on any atom is 0.0722 e. The van der Waals surface area contributed by atoms with E-state index in [4.69, 9.17) is 0 Å². The van der Waals surface area contributed by atoms with Gasteiger partial charge in [0.05, 0.1) is 5.03 Å². The predicted octanol–water partition coefficient (Wildman–Crippen LogP) is 2.50. The van der Waals surface area contributed by atoms with Gasteiger partial charge in [-0.2, -0.15) is 0 Å². The van der Waals surface area contributed by atoms with Gasteiger partial charge in [-0.15, -0.1) is 11.8 Å². The Kier molecular flexibility index (Phi) is 2.99. The fourth-order valence-corrected chi connectivity index (χ4v) is 4.32. The van der Waals surface area contributed by atoms with E-state index in [-0.39, 0.29) is 0 Å². The third kappa shape index (κ3) is 2.15. The van der Waals surface area contributed by atoms with E-state index in [1.54, 1.807) is 11.1 Å². The summed E-state index contributed by atoms with van der Waals surface area (Å²) in [5, 5.41) is 8.53. The fraction of sp³-hybridized carbons (Fsp3) is 0.714. The van der Waals surface area contributed by atoms with Crippen LogP contribution in [0, 0.1) is 11.3 Å². The molecule has 0 aromatic rings. The van der Waals surface area contributed by atoms with Crippen molar-refractivity contribution in [1.29, 1.82) is 0 Å². The Bertz CT molecular complexity index is 376. The van der Waals surface area contributed by atoms with Crippen LogP contribution >= 0.6 is 11.8 Å². The molecule has 1 saturated heterocycles.